The molecular weight excluding hydrogens is 244 g/mol. The highest BCUT2D eigenvalue weighted by atomic mass is 32.2. The van der Waals surface area contributed by atoms with E-state index in [1.807, 2.05) is 0 Å². The summed E-state index contributed by atoms with van der Waals surface area (Å²) in [4.78, 5) is 29.7. The summed E-state index contributed by atoms with van der Waals surface area (Å²) in [6.45, 7) is 0.333. The number of nitrogens with zero attached hydrogens (tertiary/aromatic N) is 3. The Morgan fingerprint density at radius 1 is 1.53 bits per heavy atom. The summed E-state index contributed by atoms with van der Waals surface area (Å²) in [6, 6.07) is 0. The minimum absolute atomic E-state index is 0.333. The van der Waals surface area contributed by atoms with Crippen LogP contribution in [0, 0.1) is 0 Å². The Bertz CT molecular complexity index is 713. The van der Waals surface area contributed by atoms with Crippen LogP contribution in [0.3, 0.4) is 0 Å². The van der Waals surface area contributed by atoms with Crippen molar-refractivity contribution in [1.29, 1.82) is 0 Å². The Hall–Kier alpha value is -1.54. The first-order valence-corrected chi connectivity index (χ1v) is 6.07. The van der Waals surface area contributed by atoms with Crippen molar-refractivity contribution >= 4 is 22.9 Å². The molecule has 1 aliphatic rings. The van der Waals surface area contributed by atoms with Crippen LogP contribution < -0.4 is 11.2 Å². The Kier molecular flexibility index (Phi) is 2.17. The number of aliphatic hydroxyl groups excluding tert-OH is 1. The van der Waals surface area contributed by atoms with Gasteiger partial charge in [-0.3, -0.25) is 14.3 Å². The number of hydrogen-bond acceptors (Lipinski definition) is 5. The number of thioether (sulfide) groups is 1. The number of hydrogen-bond donors (Lipinski definition) is 2. The van der Waals surface area contributed by atoms with Crippen LogP contribution in [0.25, 0.3) is 11.2 Å². The van der Waals surface area contributed by atoms with Crippen LogP contribution in [0.5, 0.6) is 0 Å². The van der Waals surface area contributed by atoms with E-state index < -0.39 is 17.4 Å². The number of fused-ring (bicyclic) bond motifs is 3. The van der Waals surface area contributed by atoms with Gasteiger partial charge in [-0.15, -0.1) is 0 Å². The fraction of sp³-hybridized carbons (Fsp3) is 0.444. The van der Waals surface area contributed by atoms with Gasteiger partial charge < -0.3 is 9.67 Å². The molecule has 0 bridgehead atoms. The number of rotatable bonds is 0. The van der Waals surface area contributed by atoms with Crippen molar-refractivity contribution in [2.24, 2.45) is 7.05 Å². The Morgan fingerprint density at radius 3 is 3.06 bits per heavy atom. The molecule has 0 aromatic carbocycles. The van der Waals surface area contributed by atoms with Gasteiger partial charge in [0.05, 0.1) is 12.6 Å². The largest absolute Gasteiger partial charge is 0.390 e. The molecule has 0 spiro atoms. The van der Waals surface area contributed by atoms with Gasteiger partial charge in [-0.25, -0.2) is 9.78 Å². The second-order valence-electron chi connectivity index (χ2n) is 3.96. The zero-order valence-corrected chi connectivity index (χ0v) is 9.82. The van der Waals surface area contributed by atoms with Crippen LogP contribution in [0.15, 0.2) is 14.7 Å². The SMILES string of the molecule is Cn1c(=O)[nH]c(=O)c2c1nc1n2C[C@@H](O)CS1. The highest BCUT2D eigenvalue weighted by molar-refractivity contribution is 7.99. The van der Waals surface area contributed by atoms with E-state index in [4.69, 9.17) is 0 Å². The van der Waals surface area contributed by atoms with Crippen molar-refractivity contribution in [1.82, 2.24) is 19.1 Å². The van der Waals surface area contributed by atoms with Gasteiger partial charge in [-0.05, 0) is 0 Å². The fourth-order valence-electron chi connectivity index (χ4n) is 1.93. The van der Waals surface area contributed by atoms with Crippen LogP contribution >= 0.6 is 11.8 Å². The minimum atomic E-state index is -0.499. The number of aromatic amines is 1. The highest BCUT2D eigenvalue weighted by Gasteiger charge is 2.23. The molecule has 1 aliphatic heterocycles. The van der Waals surface area contributed by atoms with Gasteiger partial charge in [0.1, 0.15) is 0 Å². The van der Waals surface area contributed by atoms with E-state index in [0.29, 0.717) is 28.6 Å². The van der Waals surface area contributed by atoms with Gasteiger partial charge in [0.2, 0.25) is 0 Å². The maximum atomic E-state index is 11.8. The summed E-state index contributed by atoms with van der Waals surface area (Å²) in [6.07, 6.45) is -0.499. The number of imidazole rings is 1. The van der Waals surface area contributed by atoms with Crippen molar-refractivity contribution in [3.05, 3.63) is 20.8 Å². The molecule has 2 aromatic heterocycles. The lowest BCUT2D eigenvalue weighted by Crippen LogP contribution is -2.30. The molecule has 0 fully saturated rings. The Balaban J connectivity index is 2.44. The van der Waals surface area contributed by atoms with Gasteiger partial charge in [-0.2, -0.15) is 0 Å². The molecule has 3 rings (SSSR count). The lowest BCUT2D eigenvalue weighted by molar-refractivity contribution is 0.172. The van der Waals surface area contributed by atoms with Crippen LogP contribution in [-0.4, -0.2) is 36.1 Å². The third-order valence-electron chi connectivity index (χ3n) is 2.77. The molecule has 8 heteroatoms. The van der Waals surface area contributed by atoms with Crippen molar-refractivity contribution in [3.8, 4) is 0 Å². The number of aromatic nitrogens is 4. The van der Waals surface area contributed by atoms with Crippen LogP contribution in [0.4, 0.5) is 0 Å². The summed E-state index contributed by atoms with van der Waals surface area (Å²) < 4.78 is 2.96. The van der Waals surface area contributed by atoms with E-state index >= 15 is 0 Å². The predicted octanol–water partition coefficient (Wildman–Crippen LogP) is -1.11. The maximum Gasteiger partial charge on any atom is 0.329 e. The third kappa shape index (κ3) is 1.44. The molecule has 0 amide bonds. The molecular formula is C9H10N4O3S. The normalized spacial score (nSPS) is 19.5. The number of aliphatic hydroxyl groups is 1. The van der Waals surface area contributed by atoms with E-state index in [-0.39, 0.29) is 0 Å². The van der Waals surface area contributed by atoms with E-state index in [1.54, 1.807) is 11.6 Å². The average molecular weight is 254 g/mol. The standard InChI is InChI=1S/C9H10N4O3S/c1-12-6-5(7(15)11-8(12)16)13-2-4(14)3-17-9(13)10-6/h4,14H,2-3H2,1H3,(H,11,15,16)/t4-/m1/s1. The quantitative estimate of drug-likeness (QED) is 0.622. The fourth-order valence-corrected chi connectivity index (χ4v) is 2.85. The zero-order chi connectivity index (χ0) is 12.2. The Labute approximate surface area is 99.1 Å². The van der Waals surface area contributed by atoms with Gasteiger partial charge >= 0.3 is 5.69 Å². The van der Waals surface area contributed by atoms with Crippen molar-refractivity contribution < 1.29 is 5.11 Å². The molecule has 0 radical (unpaired) electrons. The summed E-state index contributed by atoms with van der Waals surface area (Å²) in [5.41, 5.74) is -0.247. The van der Waals surface area contributed by atoms with Gasteiger partial charge in [-0.1, -0.05) is 11.8 Å². The molecule has 0 saturated carbocycles. The van der Waals surface area contributed by atoms with Crippen molar-refractivity contribution in [3.63, 3.8) is 0 Å². The van der Waals surface area contributed by atoms with Crippen molar-refractivity contribution in [2.75, 3.05) is 5.75 Å². The van der Waals surface area contributed by atoms with E-state index in [9.17, 15) is 14.7 Å². The third-order valence-corrected chi connectivity index (χ3v) is 3.89. The molecule has 1 atom stereocenters. The monoisotopic (exact) mass is 254 g/mol. The highest BCUT2D eigenvalue weighted by Crippen LogP contribution is 2.26. The van der Waals surface area contributed by atoms with Crippen LogP contribution in [0.1, 0.15) is 0 Å². The number of H-pyrrole nitrogens is 1. The molecule has 0 aliphatic carbocycles. The van der Waals surface area contributed by atoms with Gasteiger partial charge in [0, 0.05) is 12.8 Å². The maximum absolute atomic E-state index is 11.8. The van der Waals surface area contributed by atoms with E-state index in [0.717, 1.165) is 0 Å². The smallest absolute Gasteiger partial charge is 0.329 e. The molecule has 2 N–H and O–H groups in total. The first-order chi connectivity index (χ1) is 8.08. The van der Waals surface area contributed by atoms with Crippen molar-refractivity contribution in [2.45, 2.75) is 17.8 Å². The number of aryl methyl sites for hydroxylation is 1. The summed E-state index contributed by atoms with van der Waals surface area (Å²) in [5.74, 6) is 0.551. The molecule has 7 nitrogen and oxygen atoms in total. The second kappa shape index (κ2) is 3.47. The first kappa shape index (κ1) is 10.6. The molecule has 90 valence electrons. The van der Waals surface area contributed by atoms with Gasteiger partial charge in [0.25, 0.3) is 5.56 Å². The molecule has 3 heterocycles. The topological polar surface area (TPSA) is 92.9 Å². The van der Waals surface area contributed by atoms with Crippen LogP contribution in [0.2, 0.25) is 0 Å². The molecule has 0 unspecified atom stereocenters. The summed E-state index contributed by atoms with van der Waals surface area (Å²) in [5, 5.41) is 10.3. The lowest BCUT2D eigenvalue weighted by Gasteiger charge is -2.18. The molecule has 2 aromatic rings. The first-order valence-electron chi connectivity index (χ1n) is 5.08. The van der Waals surface area contributed by atoms with Gasteiger partial charge in [0.15, 0.2) is 16.3 Å². The number of nitrogens with one attached hydrogen (secondary N) is 1. The van der Waals surface area contributed by atoms with E-state index in [2.05, 4.69) is 9.97 Å². The summed E-state index contributed by atoms with van der Waals surface area (Å²) in [7, 11) is 1.56. The molecule has 0 saturated heterocycles. The predicted molar refractivity (Wildman–Crippen MR) is 62.3 cm³/mol. The lowest BCUT2D eigenvalue weighted by atomic mass is 10.4. The van der Waals surface area contributed by atoms with Crippen LogP contribution in [-0.2, 0) is 13.6 Å². The summed E-state index contributed by atoms with van der Waals surface area (Å²) >= 11 is 1.38. The Morgan fingerprint density at radius 2 is 2.29 bits per heavy atom. The minimum Gasteiger partial charge on any atom is -0.390 e. The van der Waals surface area contributed by atoms with E-state index in [1.165, 1.54) is 16.3 Å². The zero-order valence-electron chi connectivity index (χ0n) is 9.01. The second-order valence-corrected chi connectivity index (χ2v) is 4.95. The molecule has 17 heavy (non-hydrogen) atoms. The average Bonchev–Trinajstić information content (AvgIpc) is 2.65.